The summed E-state index contributed by atoms with van der Waals surface area (Å²) in [6.07, 6.45) is -4.56. The predicted molar refractivity (Wildman–Crippen MR) is 126 cm³/mol. The molecular formula is C24H18ClF3N4O2S. The van der Waals surface area contributed by atoms with Gasteiger partial charge in [0.15, 0.2) is 5.16 Å². The van der Waals surface area contributed by atoms with Gasteiger partial charge in [-0.25, -0.2) is 9.97 Å². The summed E-state index contributed by atoms with van der Waals surface area (Å²) in [5.41, 5.74) is 0.985. The molecule has 1 aliphatic heterocycles. The zero-order valence-electron chi connectivity index (χ0n) is 18.5. The molecule has 1 N–H and O–H groups in total. The van der Waals surface area contributed by atoms with E-state index in [1.165, 1.54) is 12.1 Å². The van der Waals surface area contributed by atoms with Crippen LogP contribution in [-0.4, -0.2) is 26.7 Å². The van der Waals surface area contributed by atoms with Crippen LogP contribution in [0.15, 0.2) is 70.4 Å². The van der Waals surface area contributed by atoms with Gasteiger partial charge in [0.2, 0.25) is 0 Å². The lowest BCUT2D eigenvalue weighted by Gasteiger charge is -2.15. The van der Waals surface area contributed by atoms with Crippen molar-refractivity contribution < 1.29 is 22.8 Å². The van der Waals surface area contributed by atoms with Crippen LogP contribution in [0.4, 0.5) is 18.9 Å². The van der Waals surface area contributed by atoms with E-state index in [-0.39, 0.29) is 28.0 Å². The third-order valence-electron chi connectivity index (χ3n) is 4.99. The molecule has 11 heteroatoms. The Hall–Kier alpha value is -3.37. The summed E-state index contributed by atoms with van der Waals surface area (Å²) in [5, 5.41) is 3.47. The number of carbonyl (C=O) groups is 2. The van der Waals surface area contributed by atoms with Crippen LogP contribution in [0.25, 0.3) is 0 Å². The van der Waals surface area contributed by atoms with Crippen LogP contribution in [0, 0.1) is 13.8 Å². The number of halogens is 4. The Morgan fingerprint density at radius 3 is 2.26 bits per heavy atom. The van der Waals surface area contributed by atoms with Gasteiger partial charge >= 0.3 is 6.18 Å². The molecule has 2 aromatic carbocycles. The van der Waals surface area contributed by atoms with Crippen molar-refractivity contribution in [3.05, 3.63) is 92.7 Å². The molecule has 2 amide bonds. The number of carbonyl (C=O) groups excluding carboxylic acids is 2. The minimum absolute atomic E-state index is 0.00799. The van der Waals surface area contributed by atoms with E-state index in [0.29, 0.717) is 22.0 Å². The summed E-state index contributed by atoms with van der Waals surface area (Å²) >= 11 is 6.80. The number of aryl methyl sites for hydroxylation is 2. The van der Waals surface area contributed by atoms with E-state index in [4.69, 9.17) is 11.6 Å². The Labute approximate surface area is 208 Å². The van der Waals surface area contributed by atoms with Gasteiger partial charge in [0.05, 0.1) is 12.1 Å². The minimum Gasteiger partial charge on any atom is -0.350 e. The second-order valence-corrected chi connectivity index (χ2v) is 9.18. The highest BCUT2D eigenvalue weighted by atomic mass is 35.5. The SMILES string of the molecule is Cc1cc(C)nc(SC2=C(Nc3cccc(C(F)(F)F)c3)C(=O)N(Cc3ccc(Cl)cc3)C2=O)n1. The van der Waals surface area contributed by atoms with Gasteiger partial charge in [0, 0.05) is 22.1 Å². The first-order valence-corrected chi connectivity index (χ1v) is 11.5. The lowest BCUT2D eigenvalue weighted by Crippen LogP contribution is -2.32. The van der Waals surface area contributed by atoms with Gasteiger partial charge in [-0.1, -0.05) is 29.8 Å². The first-order valence-electron chi connectivity index (χ1n) is 10.3. The topological polar surface area (TPSA) is 75.2 Å². The van der Waals surface area contributed by atoms with Crippen molar-refractivity contribution in [2.75, 3.05) is 5.32 Å². The fourth-order valence-corrected chi connectivity index (χ4v) is 4.55. The zero-order valence-corrected chi connectivity index (χ0v) is 20.1. The maximum Gasteiger partial charge on any atom is 0.416 e. The van der Waals surface area contributed by atoms with E-state index in [2.05, 4.69) is 15.3 Å². The number of rotatable bonds is 6. The summed E-state index contributed by atoms with van der Waals surface area (Å²) in [7, 11) is 0. The summed E-state index contributed by atoms with van der Waals surface area (Å²) in [4.78, 5) is 36.2. The molecule has 35 heavy (non-hydrogen) atoms. The largest absolute Gasteiger partial charge is 0.416 e. The molecule has 1 aromatic heterocycles. The number of nitrogens with zero attached hydrogens (tertiary/aromatic N) is 3. The monoisotopic (exact) mass is 518 g/mol. The lowest BCUT2D eigenvalue weighted by molar-refractivity contribution is -0.138. The van der Waals surface area contributed by atoms with Gasteiger partial charge in [-0.2, -0.15) is 13.2 Å². The van der Waals surface area contributed by atoms with Crippen molar-refractivity contribution in [3.8, 4) is 0 Å². The van der Waals surface area contributed by atoms with Crippen molar-refractivity contribution in [1.82, 2.24) is 14.9 Å². The number of nitrogens with one attached hydrogen (secondary N) is 1. The van der Waals surface area contributed by atoms with Gasteiger partial charge in [-0.05, 0) is 67.6 Å². The van der Waals surface area contributed by atoms with Gasteiger partial charge in [-0.3, -0.25) is 14.5 Å². The second-order valence-electron chi connectivity index (χ2n) is 7.77. The molecule has 0 aliphatic carbocycles. The van der Waals surface area contributed by atoms with E-state index in [9.17, 15) is 22.8 Å². The molecular weight excluding hydrogens is 501 g/mol. The Balaban J connectivity index is 1.71. The number of amides is 2. The highest BCUT2D eigenvalue weighted by molar-refractivity contribution is 8.04. The Morgan fingerprint density at radius 1 is 0.971 bits per heavy atom. The number of aromatic nitrogens is 2. The average molecular weight is 519 g/mol. The number of imide groups is 1. The molecule has 0 saturated heterocycles. The van der Waals surface area contributed by atoms with E-state index in [1.807, 2.05) is 0 Å². The van der Waals surface area contributed by atoms with Crippen molar-refractivity contribution in [3.63, 3.8) is 0 Å². The normalized spacial score (nSPS) is 14.2. The summed E-state index contributed by atoms with van der Waals surface area (Å²) < 4.78 is 39.6. The lowest BCUT2D eigenvalue weighted by atomic mass is 10.2. The van der Waals surface area contributed by atoms with Crippen molar-refractivity contribution in [2.45, 2.75) is 31.7 Å². The fraction of sp³-hybridized carbons (Fsp3) is 0.167. The first-order chi connectivity index (χ1) is 16.5. The molecule has 0 unspecified atom stereocenters. The molecule has 1 aliphatic rings. The highest BCUT2D eigenvalue weighted by Crippen LogP contribution is 2.36. The highest BCUT2D eigenvalue weighted by Gasteiger charge is 2.40. The molecule has 0 saturated carbocycles. The number of hydrogen-bond acceptors (Lipinski definition) is 6. The maximum absolute atomic E-state index is 13.3. The van der Waals surface area contributed by atoms with E-state index < -0.39 is 23.6 Å². The third kappa shape index (κ3) is 5.66. The van der Waals surface area contributed by atoms with Crippen LogP contribution in [0.3, 0.4) is 0 Å². The molecule has 4 rings (SSSR count). The van der Waals surface area contributed by atoms with Crippen LogP contribution < -0.4 is 5.32 Å². The fourth-order valence-electron chi connectivity index (χ4n) is 3.42. The Bertz CT molecular complexity index is 1320. The van der Waals surface area contributed by atoms with Crippen molar-refractivity contribution in [1.29, 1.82) is 0 Å². The van der Waals surface area contributed by atoms with Gasteiger partial charge in [0.25, 0.3) is 11.8 Å². The summed E-state index contributed by atoms with van der Waals surface area (Å²) in [5.74, 6) is -1.28. The quantitative estimate of drug-likeness (QED) is 0.331. The summed E-state index contributed by atoms with van der Waals surface area (Å²) in [6, 6.07) is 12.8. The van der Waals surface area contributed by atoms with Crippen LogP contribution in [0.2, 0.25) is 5.02 Å². The number of alkyl halides is 3. The maximum atomic E-state index is 13.3. The number of anilines is 1. The Kier molecular flexibility index (Phi) is 6.86. The molecule has 0 fully saturated rings. The number of thioether (sulfide) groups is 1. The van der Waals surface area contributed by atoms with Gasteiger partial charge < -0.3 is 5.32 Å². The van der Waals surface area contributed by atoms with Crippen LogP contribution in [0.5, 0.6) is 0 Å². The number of hydrogen-bond donors (Lipinski definition) is 1. The van der Waals surface area contributed by atoms with Crippen LogP contribution >= 0.6 is 23.4 Å². The predicted octanol–water partition coefficient (Wildman–Crippen LogP) is 5.75. The third-order valence-corrected chi connectivity index (χ3v) is 6.19. The molecule has 180 valence electrons. The van der Waals surface area contributed by atoms with Crippen LogP contribution in [-0.2, 0) is 22.3 Å². The minimum atomic E-state index is -4.56. The van der Waals surface area contributed by atoms with Gasteiger partial charge in [0.1, 0.15) is 10.6 Å². The standard InChI is InChI=1S/C24H18ClF3N4O2S/c1-13-10-14(2)30-23(29-13)35-20-19(31-18-5-3-4-16(11-18)24(26,27)28)21(33)32(22(20)34)12-15-6-8-17(25)9-7-15/h3-11,31H,12H2,1-2H3. The average Bonchev–Trinajstić information content (AvgIpc) is 2.98. The van der Waals surface area contributed by atoms with E-state index in [0.717, 1.165) is 28.8 Å². The molecule has 3 aromatic rings. The molecule has 6 nitrogen and oxygen atoms in total. The molecule has 0 spiro atoms. The van der Waals surface area contributed by atoms with Crippen molar-refractivity contribution in [2.24, 2.45) is 0 Å². The Morgan fingerprint density at radius 2 is 1.63 bits per heavy atom. The molecule has 0 atom stereocenters. The van der Waals surface area contributed by atoms with Crippen LogP contribution in [0.1, 0.15) is 22.5 Å². The van der Waals surface area contributed by atoms with E-state index in [1.54, 1.807) is 44.2 Å². The zero-order chi connectivity index (χ0) is 25.3. The first kappa shape index (κ1) is 24.7. The van der Waals surface area contributed by atoms with Gasteiger partial charge in [-0.15, -0.1) is 0 Å². The molecule has 2 heterocycles. The van der Waals surface area contributed by atoms with E-state index >= 15 is 0 Å². The molecule has 0 radical (unpaired) electrons. The smallest absolute Gasteiger partial charge is 0.350 e. The summed E-state index contributed by atoms with van der Waals surface area (Å²) in [6.45, 7) is 3.49. The number of benzene rings is 2. The second kappa shape index (κ2) is 9.71. The molecule has 0 bridgehead atoms. The van der Waals surface area contributed by atoms with Crippen molar-refractivity contribution >= 4 is 40.9 Å².